The van der Waals surface area contributed by atoms with Crippen LogP contribution in [0, 0.1) is 6.92 Å². The average molecular weight is 340 g/mol. The Hall–Kier alpha value is -0.340. The number of nitrogens with two attached hydrogens (primary N) is 1. The fraction of sp³-hybridized carbons (Fsp3) is 0.667. The maximum atomic E-state index is 6.31. The van der Waals surface area contributed by atoms with E-state index in [1.807, 2.05) is 0 Å². The largest absolute Gasteiger partial charge is 0.324 e. The summed E-state index contributed by atoms with van der Waals surface area (Å²) in [5.41, 5.74) is 8.91. The van der Waals surface area contributed by atoms with Crippen LogP contribution in [-0.2, 0) is 0 Å². The Bertz CT molecular complexity index is 376. The smallest absolute Gasteiger partial charge is 0.0297 e. The van der Waals surface area contributed by atoms with Crippen LogP contribution in [0.5, 0.6) is 0 Å². The predicted octanol–water partition coefficient (Wildman–Crippen LogP) is 6.29. The van der Waals surface area contributed by atoms with Gasteiger partial charge in [-0.05, 0) is 36.6 Å². The molecule has 1 aromatic carbocycles. The van der Waals surface area contributed by atoms with E-state index in [4.69, 9.17) is 5.73 Å². The molecule has 0 saturated carbocycles. The zero-order valence-electron chi connectivity index (χ0n) is 13.1. The summed E-state index contributed by atoms with van der Waals surface area (Å²) in [5, 5.41) is 0. The number of benzene rings is 1. The normalized spacial score (nSPS) is 12.6. The van der Waals surface area contributed by atoms with Crippen LogP contribution in [0.3, 0.4) is 0 Å². The van der Waals surface area contributed by atoms with Crippen LogP contribution in [0.4, 0.5) is 0 Å². The third kappa shape index (κ3) is 6.90. The lowest BCUT2D eigenvalue weighted by Gasteiger charge is -2.15. The first-order chi connectivity index (χ1) is 9.65. The van der Waals surface area contributed by atoms with Crippen LogP contribution in [0.15, 0.2) is 22.7 Å². The fourth-order valence-electron chi connectivity index (χ4n) is 2.71. The monoisotopic (exact) mass is 339 g/mol. The van der Waals surface area contributed by atoms with Gasteiger partial charge in [-0.15, -0.1) is 0 Å². The summed E-state index contributed by atoms with van der Waals surface area (Å²) in [4.78, 5) is 0. The number of hydrogen-bond donors (Lipinski definition) is 1. The van der Waals surface area contributed by atoms with Gasteiger partial charge in [0.25, 0.3) is 0 Å². The van der Waals surface area contributed by atoms with Crippen LogP contribution in [0.25, 0.3) is 0 Å². The van der Waals surface area contributed by atoms with Crippen molar-refractivity contribution in [3.05, 3.63) is 33.8 Å². The highest BCUT2D eigenvalue weighted by Crippen LogP contribution is 2.24. The molecule has 0 saturated heterocycles. The van der Waals surface area contributed by atoms with E-state index in [0.29, 0.717) is 0 Å². The zero-order valence-corrected chi connectivity index (χ0v) is 14.7. The van der Waals surface area contributed by atoms with Gasteiger partial charge in [-0.1, -0.05) is 80.3 Å². The van der Waals surface area contributed by atoms with Crippen LogP contribution < -0.4 is 5.73 Å². The molecule has 0 aliphatic carbocycles. The van der Waals surface area contributed by atoms with Gasteiger partial charge in [0.1, 0.15) is 0 Å². The highest BCUT2D eigenvalue weighted by molar-refractivity contribution is 9.10. The summed E-state index contributed by atoms with van der Waals surface area (Å²) in [6.07, 6.45) is 12.0. The molecule has 0 bridgehead atoms. The Morgan fingerprint density at radius 1 is 1.00 bits per heavy atom. The fourth-order valence-corrected chi connectivity index (χ4v) is 3.18. The first-order valence-electron chi connectivity index (χ1n) is 8.16. The number of unbranched alkanes of at least 4 members (excludes halogenated alkanes) is 7. The van der Waals surface area contributed by atoms with E-state index in [0.717, 1.165) is 10.9 Å². The van der Waals surface area contributed by atoms with E-state index in [1.54, 1.807) is 0 Å². The van der Waals surface area contributed by atoms with Crippen molar-refractivity contribution in [1.29, 1.82) is 0 Å². The molecule has 1 rings (SSSR count). The summed E-state index contributed by atoms with van der Waals surface area (Å²) < 4.78 is 1.14. The van der Waals surface area contributed by atoms with Gasteiger partial charge in [0.05, 0.1) is 0 Å². The molecule has 0 aromatic heterocycles. The molecule has 114 valence electrons. The number of halogens is 1. The predicted molar refractivity (Wildman–Crippen MR) is 93.0 cm³/mol. The minimum absolute atomic E-state index is 0.197. The van der Waals surface area contributed by atoms with E-state index >= 15 is 0 Å². The van der Waals surface area contributed by atoms with Crippen molar-refractivity contribution >= 4 is 15.9 Å². The Morgan fingerprint density at radius 2 is 1.60 bits per heavy atom. The number of hydrogen-bond acceptors (Lipinski definition) is 1. The second kappa shape index (κ2) is 10.4. The first-order valence-corrected chi connectivity index (χ1v) is 8.96. The van der Waals surface area contributed by atoms with Crippen molar-refractivity contribution in [2.75, 3.05) is 0 Å². The molecule has 0 fully saturated rings. The third-order valence-corrected chi connectivity index (χ3v) is 4.49. The van der Waals surface area contributed by atoms with Crippen molar-refractivity contribution in [1.82, 2.24) is 0 Å². The molecule has 0 heterocycles. The Balaban J connectivity index is 2.15. The van der Waals surface area contributed by atoms with Crippen molar-refractivity contribution in [3.63, 3.8) is 0 Å². The quantitative estimate of drug-likeness (QED) is 0.498. The molecule has 0 amide bonds. The molecule has 1 unspecified atom stereocenters. The van der Waals surface area contributed by atoms with Gasteiger partial charge in [0, 0.05) is 10.5 Å². The summed E-state index contributed by atoms with van der Waals surface area (Å²) in [6.45, 7) is 4.42. The SMILES string of the molecule is CCCCCCCCCCC(N)c1ccc(Br)cc1C. The van der Waals surface area contributed by atoms with E-state index in [-0.39, 0.29) is 6.04 Å². The lowest BCUT2D eigenvalue weighted by Crippen LogP contribution is -2.11. The summed E-state index contributed by atoms with van der Waals surface area (Å²) in [7, 11) is 0. The van der Waals surface area contributed by atoms with Gasteiger partial charge in [-0.25, -0.2) is 0 Å². The van der Waals surface area contributed by atoms with Crippen molar-refractivity contribution < 1.29 is 0 Å². The summed E-state index contributed by atoms with van der Waals surface area (Å²) >= 11 is 3.50. The standard InChI is InChI=1S/C18H30BrN/c1-3-4-5-6-7-8-9-10-11-18(20)17-13-12-16(19)14-15(17)2/h12-14,18H,3-11,20H2,1-2H3. The van der Waals surface area contributed by atoms with Gasteiger partial charge >= 0.3 is 0 Å². The number of aryl methyl sites for hydroxylation is 1. The van der Waals surface area contributed by atoms with E-state index < -0.39 is 0 Å². The molecule has 0 radical (unpaired) electrons. The molecule has 1 nitrogen and oxygen atoms in total. The third-order valence-electron chi connectivity index (χ3n) is 4.00. The Morgan fingerprint density at radius 3 is 2.20 bits per heavy atom. The molecule has 0 aliphatic heterocycles. The minimum Gasteiger partial charge on any atom is -0.324 e. The zero-order chi connectivity index (χ0) is 14.8. The Labute approximate surface area is 133 Å². The molecule has 0 aliphatic rings. The minimum atomic E-state index is 0.197. The lowest BCUT2D eigenvalue weighted by atomic mass is 9.97. The van der Waals surface area contributed by atoms with Gasteiger partial charge in [0.2, 0.25) is 0 Å². The lowest BCUT2D eigenvalue weighted by molar-refractivity contribution is 0.535. The van der Waals surface area contributed by atoms with Gasteiger partial charge in [-0.2, -0.15) is 0 Å². The molecule has 2 N–H and O–H groups in total. The van der Waals surface area contributed by atoms with Crippen LogP contribution in [0.2, 0.25) is 0 Å². The summed E-state index contributed by atoms with van der Waals surface area (Å²) in [6, 6.07) is 6.61. The maximum absolute atomic E-state index is 6.31. The van der Waals surface area contributed by atoms with Crippen LogP contribution in [-0.4, -0.2) is 0 Å². The van der Waals surface area contributed by atoms with Crippen molar-refractivity contribution in [2.24, 2.45) is 5.73 Å². The number of rotatable bonds is 10. The Kier molecular flexibility index (Phi) is 9.21. The van der Waals surface area contributed by atoms with E-state index in [2.05, 4.69) is 48.0 Å². The van der Waals surface area contributed by atoms with Gasteiger partial charge in [-0.3, -0.25) is 0 Å². The maximum Gasteiger partial charge on any atom is 0.0297 e. The molecule has 20 heavy (non-hydrogen) atoms. The highest BCUT2D eigenvalue weighted by atomic mass is 79.9. The molecular weight excluding hydrogens is 310 g/mol. The highest BCUT2D eigenvalue weighted by Gasteiger charge is 2.08. The average Bonchev–Trinajstić information content (AvgIpc) is 2.41. The summed E-state index contributed by atoms with van der Waals surface area (Å²) in [5.74, 6) is 0. The van der Waals surface area contributed by atoms with Crippen molar-refractivity contribution in [2.45, 2.75) is 77.7 Å². The molecule has 2 heteroatoms. The van der Waals surface area contributed by atoms with E-state index in [9.17, 15) is 0 Å². The topological polar surface area (TPSA) is 26.0 Å². The second-order valence-electron chi connectivity index (χ2n) is 5.87. The van der Waals surface area contributed by atoms with E-state index in [1.165, 1.54) is 62.5 Å². The van der Waals surface area contributed by atoms with Crippen molar-refractivity contribution in [3.8, 4) is 0 Å². The van der Waals surface area contributed by atoms with Gasteiger partial charge < -0.3 is 5.73 Å². The molecule has 1 atom stereocenters. The molecular formula is C18H30BrN. The molecule has 1 aromatic rings. The first kappa shape index (κ1) is 17.7. The van der Waals surface area contributed by atoms with Crippen LogP contribution in [0.1, 0.15) is 81.9 Å². The van der Waals surface area contributed by atoms with Crippen LogP contribution >= 0.6 is 15.9 Å². The van der Waals surface area contributed by atoms with Gasteiger partial charge in [0.15, 0.2) is 0 Å². The molecule has 0 spiro atoms. The second-order valence-corrected chi connectivity index (χ2v) is 6.79.